The Morgan fingerprint density at radius 2 is 1.86 bits per heavy atom. The summed E-state index contributed by atoms with van der Waals surface area (Å²) in [5.74, 6) is 0.598. The molecule has 3 rings (SSSR count). The van der Waals surface area contributed by atoms with Crippen molar-refractivity contribution in [3.63, 3.8) is 0 Å². The van der Waals surface area contributed by atoms with Gasteiger partial charge in [-0.2, -0.15) is 0 Å². The van der Waals surface area contributed by atoms with E-state index in [4.69, 9.17) is 9.52 Å². The molecule has 0 atom stereocenters. The van der Waals surface area contributed by atoms with Crippen LogP contribution in [0.15, 0.2) is 59.2 Å². The number of aryl methyl sites for hydroxylation is 1. The monoisotopic (exact) mass is 279 g/mol. The Morgan fingerprint density at radius 3 is 2.62 bits per heavy atom. The van der Waals surface area contributed by atoms with Crippen molar-refractivity contribution >= 4 is 0 Å². The minimum absolute atomic E-state index is 0.0747. The second-order valence-electron chi connectivity index (χ2n) is 5.03. The molecule has 2 aromatic carbocycles. The van der Waals surface area contributed by atoms with Gasteiger partial charge < -0.3 is 9.52 Å². The van der Waals surface area contributed by atoms with Gasteiger partial charge in [-0.1, -0.05) is 48.0 Å². The molecular formula is C18H17NO2. The van der Waals surface area contributed by atoms with E-state index in [-0.39, 0.29) is 6.61 Å². The van der Waals surface area contributed by atoms with Crippen molar-refractivity contribution in [3.8, 4) is 22.6 Å². The van der Waals surface area contributed by atoms with Crippen molar-refractivity contribution in [2.75, 3.05) is 6.61 Å². The third-order valence-corrected chi connectivity index (χ3v) is 3.41. The van der Waals surface area contributed by atoms with Gasteiger partial charge in [-0.15, -0.1) is 0 Å². The zero-order valence-electron chi connectivity index (χ0n) is 11.9. The number of rotatable bonds is 4. The summed E-state index contributed by atoms with van der Waals surface area (Å²) in [4.78, 5) is 4.47. The van der Waals surface area contributed by atoms with Gasteiger partial charge in [-0.3, -0.25) is 0 Å². The number of hydrogen-bond donors (Lipinski definition) is 1. The Balaban J connectivity index is 2.10. The molecule has 3 nitrogen and oxygen atoms in total. The third kappa shape index (κ3) is 2.88. The number of aromatic nitrogens is 1. The Bertz CT molecular complexity index is 732. The summed E-state index contributed by atoms with van der Waals surface area (Å²) in [6.45, 7) is 2.13. The van der Waals surface area contributed by atoms with Crippen molar-refractivity contribution in [1.82, 2.24) is 4.98 Å². The molecule has 0 amide bonds. The Kier molecular flexibility index (Phi) is 3.84. The van der Waals surface area contributed by atoms with Crippen molar-refractivity contribution < 1.29 is 9.52 Å². The summed E-state index contributed by atoms with van der Waals surface area (Å²) < 4.78 is 5.60. The molecular weight excluding hydrogens is 262 g/mol. The second kappa shape index (κ2) is 5.94. The molecule has 0 radical (unpaired) electrons. The van der Waals surface area contributed by atoms with Crippen LogP contribution >= 0.6 is 0 Å². The summed E-state index contributed by atoms with van der Waals surface area (Å²) in [7, 11) is 0. The van der Waals surface area contributed by atoms with E-state index in [0.29, 0.717) is 12.3 Å². The molecule has 3 aromatic rings. The van der Waals surface area contributed by atoms with Gasteiger partial charge in [-0.25, -0.2) is 4.98 Å². The fourth-order valence-electron chi connectivity index (χ4n) is 2.36. The molecule has 0 saturated carbocycles. The van der Waals surface area contributed by atoms with E-state index in [2.05, 4.69) is 42.2 Å². The van der Waals surface area contributed by atoms with Crippen LogP contribution in [0, 0.1) is 6.92 Å². The predicted octanol–water partition coefficient (Wildman–Crippen LogP) is 3.85. The molecule has 0 bridgehead atoms. The van der Waals surface area contributed by atoms with Gasteiger partial charge >= 0.3 is 0 Å². The van der Waals surface area contributed by atoms with Gasteiger partial charge in [0.15, 0.2) is 0 Å². The van der Waals surface area contributed by atoms with Gasteiger partial charge in [0.25, 0.3) is 0 Å². The molecule has 0 aliphatic rings. The fourth-order valence-corrected chi connectivity index (χ4v) is 2.36. The normalized spacial score (nSPS) is 10.8. The van der Waals surface area contributed by atoms with Gasteiger partial charge in [-0.05, 0) is 24.1 Å². The van der Waals surface area contributed by atoms with Crippen LogP contribution in [-0.4, -0.2) is 16.7 Å². The van der Waals surface area contributed by atoms with E-state index in [9.17, 15) is 0 Å². The SMILES string of the molecule is Cc1ccc(-c2ccccc2)c(-c2nc(CCO)co2)c1. The smallest absolute Gasteiger partial charge is 0.226 e. The van der Waals surface area contributed by atoms with Gasteiger partial charge in [0.1, 0.15) is 6.26 Å². The summed E-state index contributed by atoms with van der Waals surface area (Å²) in [5.41, 5.74) is 5.14. The number of aliphatic hydroxyl groups is 1. The largest absolute Gasteiger partial charge is 0.444 e. The summed E-state index contributed by atoms with van der Waals surface area (Å²) >= 11 is 0. The maximum atomic E-state index is 8.99. The first-order valence-electron chi connectivity index (χ1n) is 6.99. The summed E-state index contributed by atoms with van der Waals surface area (Å²) in [5, 5.41) is 8.99. The van der Waals surface area contributed by atoms with Crippen molar-refractivity contribution in [2.45, 2.75) is 13.3 Å². The lowest BCUT2D eigenvalue weighted by Gasteiger charge is -2.08. The van der Waals surface area contributed by atoms with Gasteiger partial charge in [0.2, 0.25) is 5.89 Å². The quantitative estimate of drug-likeness (QED) is 0.789. The average Bonchev–Trinajstić information content (AvgIpc) is 2.97. The molecule has 0 aliphatic heterocycles. The van der Waals surface area contributed by atoms with Crippen molar-refractivity contribution in [1.29, 1.82) is 0 Å². The molecule has 0 spiro atoms. The number of benzene rings is 2. The highest BCUT2D eigenvalue weighted by molar-refractivity contribution is 5.80. The lowest BCUT2D eigenvalue weighted by Crippen LogP contribution is -1.91. The zero-order chi connectivity index (χ0) is 14.7. The van der Waals surface area contributed by atoms with Crippen molar-refractivity contribution in [2.24, 2.45) is 0 Å². The lowest BCUT2D eigenvalue weighted by molar-refractivity contribution is 0.298. The Labute approximate surface area is 123 Å². The highest BCUT2D eigenvalue weighted by Gasteiger charge is 2.13. The van der Waals surface area contributed by atoms with E-state index < -0.39 is 0 Å². The molecule has 0 aliphatic carbocycles. The Morgan fingerprint density at radius 1 is 1.05 bits per heavy atom. The average molecular weight is 279 g/mol. The Hall–Kier alpha value is -2.39. The summed E-state index contributed by atoms with van der Waals surface area (Å²) in [6.07, 6.45) is 2.12. The van der Waals surface area contributed by atoms with Gasteiger partial charge in [0.05, 0.1) is 5.69 Å². The first kappa shape index (κ1) is 13.6. The minimum Gasteiger partial charge on any atom is -0.444 e. The molecule has 1 aromatic heterocycles. The standard InChI is InChI=1S/C18H17NO2/c1-13-7-8-16(14-5-3-2-4-6-14)17(11-13)18-19-15(9-10-20)12-21-18/h2-8,11-12,20H,9-10H2,1H3. The lowest BCUT2D eigenvalue weighted by atomic mass is 9.98. The number of nitrogens with zero attached hydrogens (tertiary/aromatic N) is 1. The van der Waals surface area contributed by atoms with Crippen LogP contribution in [0.5, 0.6) is 0 Å². The fraction of sp³-hybridized carbons (Fsp3) is 0.167. The summed E-state index contributed by atoms with van der Waals surface area (Å²) in [6, 6.07) is 16.5. The van der Waals surface area contributed by atoms with Gasteiger partial charge in [0, 0.05) is 18.6 Å². The van der Waals surface area contributed by atoms with Crippen LogP contribution in [0.25, 0.3) is 22.6 Å². The van der Waals surface area contributed by atoms with Crippen LogP contribution in [0.2, 0.25) is 0 Å². The second-order valence-corrected chi connectivity index (χ2v) is 5.03. The van der Waals surface area contributed by atoms with E-state index in [1.54, 1.807) is 6.26 Å². The topological polar surface area (TPSA) is 46.3 Å². The van der Waals surface area contributed by atoms with Crippen molar-refractivity contribution in [3.05, 3.63) is 66.1 Å². The van der Waals surface area contributed by atoms with Crippen LogP contribution in [0.3, 0.4) is 0 Å². The number of aliphatic hydroxyl groups excluding tert-OH is 1. The van der Waals surface area contributed by atoms with Crippen LogP contribution in [-0.2, 0) is 6.42 Å². The van der Waals surface area contributed by atoms with Crippen LogP contribution < -0.4 is 0 Å². The van der Waals surface area contributed by atoms with E-state index >= 15 is 0 Å². The maximum Gasteiger partial charge on any atom is 0.226 e. The first-order valence-corrected chi connectivity index (χ1v) is 6.99. The minimum atomic E-state index is 0.0747. The molecule has 106 valence electrons. The molecule has 3 heteroatoms. The highest BCUT2D eigenvalue weighted by atomic mass is 16.3. The molecule has 0 unspecified atom stereocenters. The zero-order valence-corrected chi connectivity index (χ0v) is 11.9. The highest BCUT2D eigenvalue weighted by Crippen LogP contribution is 2.32. The van der Waals surface area contributed by atoms with Crippen LogP contribution in [0.4, 0.5) is 0 Å². The maximum absolute atomic E-state index is 8.99. The number of hydrogen-bond acceptors (Lipinski definition) is 3. The molecule has 0 saturated heterocycles. The molecule has 1 heterocycles. The molecule has 0 fully saturated rings. The van der Waals surface area contributed by atoms with E-state index in [1.165, 1.54) is 0 Å². The third-order valence-electron chi connectivity index (χ3n) is 3.41. The molecule has 21 heavy (non-hydrogen) atoms. The first-order chi connectivity index (χ1) is 10.3. The van der Waals surface area contributed by atoms with E-state index in [1.807, 2.05) is 18.2 Å². The van der Waals surface area contributed by atoms with E-state index in [0.717, 1.165) is 27.9 Å². The predicted molar refractivity (Wildman–Crippen MR) is 82.9 cm³/mol. The number of oxazole rings is 1. The molecule has 1 N–H and O–H groups in total. The van der Waals surface area contributed by atoms with Crippen LogP contribution in [0.1, 0.15) is 11.3 Å².